The van der Waals surface area contributed by atoms with Crippen molar-refractivity contribution >= 4 is 23.0 Å². The molecule has 0 radical (unpaired) electrons. The van der Waals surface area contributed by atoms with E-state index in [4.69, 9.17) is 4.74 Å². The van der Waals surface area contributed by atoms with Crippen LogP contribution in [0.4, 0.5) is 27.4 Å². The highest BCUT2D eigenvalue weighted by atomic mass is 19.1. The molecule has 0 aliphatic carbocycles. The molecule has 8 nitrogen and oxygen atoms in total. The molecule has 0 aliphatic rings. The summed E-state index contributed by atoms with van der Waals surface area (Å²) in [5, 5.41) is 14.0. The Bertz CT molecular complexity index is 691. The van der Waals surface area contributed by atoms with Crippen LogP contribution < -0.4 is 15.0 Å². The summed E-state index contributed by atoms with van der Waals surface area (Å²) in [4.78, 5) is 19.8. The molecule has 2 rings (SSSR count). The maximum Gasteiger partial charge on any atom is 0.294 e. The zero-order chi connectivity index (χ0) is 16.3. The maximum absolute atomic E-state index is 12.8. The molecular formula is C13H14FN5O3. The van der Waals surface area contributed by atoms with Gasteiger partial charge in [0.05, 0.1) is 30.1 Å². The molecule has 0 bridgehead atoms. The predicted molar refractivity (Wildman–Crippen MR) is 79.2 cm³/mol. The van der Waals surface area contributed by atoms with Crippen molar-refractivity contribution in [1.82, 2.24) is 9.97 Å². The summed E-state index contributed by atoms with van der Waals surface area (Å²) < 4.78 is 18.0. The van der Waals surface area contributed by atoms with E-state index < -0.39 is 10.7 Å². The largest absolute Gasteiger partial charge is 0.494 e. The fourth-order valence-corrected chi connectivity index (χ4v) is 1.83. The van der Waals surface area contributed by atoms with Crippen molar-refractivity contribution in [2.75, 3.05) is 31.4 Å². The molecule has 0 saturated heterocycles. The molecule has 0 aliphatic heterocycles. The minimum atomic E-state index is -0.577. The third kappa shape index (κ3) is 3.19. The van der Waals surface area contributed by atoms with Crippen LogP contribution in [0.1, 0.15) is 0 Å². The molecule has 0 saturated carbocycles. The lowest BCUT2D eigenvalue weighted by Gasteiger charge is -2.16. The molecule has 1 aromatic carbocycles. The molecule has 22 heavy (non-hydrogen) atoms. The number of anilines is 3. The number of nitrogens with one attached hydrogen (secondary N) is 1. The number of halogens is 1. The quantitative estimate of drug-likeness (QED) is 0.669. The third-order valence-corrected chi connectivity index (χ3v) is 2.84. The Balaban J connectivity index is 2.47. The zero-order valence-corrected chi connectivity index (χ0v) is 12.2. The molecule has 0 unspecified atom stereocenters. The van der Waals surface area contributed by atoms with Gasteiger partial charge in [0.1, 0.15) is 11.4 Å². The fourth-order valence-electron chi connectivity index (χ4n) is 1.83. The van der Waals surface area contributed by atoms with Gasteiger partial charge in [-0.15, -0.1) is 0 Å². The highest BCUT2D eigenvalue weighted by Gasteiger charge is 2.20. The first-order chi connectivity index (χ1) is 10.4. The third-order valence-electron chi connectivity index (χ3n) is 2.84. The number of methoxy groups -OCH3 is 1. The zero-order valence-electron chi connectivity index (χ0n) is 12.2. The number of aromatic nitrogens is 2. The van der Waals surface area contributed by atoms with Gasteiger partial charge in [-0.3, -0.25) is 10.1 Å². The van der Waals surface area contributed by atoms with E-state index in [0.29, 0.717) is 17.1 Å². The number of nitrogens with zero attached hydrogens (tertiary/aromatic N) is 4. The normalized spacial score (nSPS) is 10.2. The van der Waals surface area contributed by atoms with E-state index in [9.17, 15) is 14.5 Å². The number of benzene rings is 1. The monoisotopic (exact) mass is 307 g/mol. The van der Waals surface area contributed by atoms with E-state index in [1.807, 2.05) is 0 Å². The van der Waals surface area contributed by atoms with Crippen molar-refractivity contribution in [3.05, 3.63) is 40.5 Å². The Kier molecular flexibility index (Phi) is 4.35. The summed E-state index contributed by atoms with van der Waals surface area (Å²) in [6, 6.07) is 2.85. The number of nitro benzene ring substituents is 1. The van der Waals surface area contributed by atoms with Gasteiger partial charge >= 0.3 is 0 Å². The van der Waals surface area contributed by atoms with Gasteiger partial charge in [-0.25, -0.2) is 14.4 Å². The van der Waals surface area contributed by atoms with Crippen molar-refractivity contribution in [3.63, 3.8) is 0 Å². The lowest BCUT2D eigenvalue weighted by molar-refractivity contribution is -0.384. The van der Waals surface area contributed by atoms with Crippen LogP contribution in [0.2, 0.25) is 0 Å². The fraction of sp³-hybridized carbons (Fsp3) is 0.231. The minimum Gasteiger partial charge on any atom is -0.494 e. The van der Waals surface area contributed by atoms with Gasteiger partial charge in [0.25, 0.3) is 5.69 Å². The summed E-state index contributed by atoms with van der Waals surface area (Å²) in [5.74, 6) is -0.0970. The molecule has 0 spiro atoms. The molecule has 1 aromatic heterocycles. The SMILES string of the molecule is COc1cc(N(C)C)c([N+](=O)[O-])cc1Nc1ncc(F)cn1. The van der Waals surface area contributed by atoms with Crippen molar-refractivity contribution in [2.45, 2.75) is 0 Å². The molecule has 2 aromatic rings. The van der Waals surface area contributed by atoms with Gasteiger partial charge < -0.3 is 15.0 Å². The van der Waals surface area contributed by atoms with E-state index in [1.165, 1.54) is 19.2 Å². The van der Waals surface area contributed by atoms with E-state index in [2.05, 4.69) is 15.3 Å². The summed E-state index contributed by atoms with van der Waals surface area (Å²) in [5.41, 5.74) is 0.606. The molecular weight excluding hydrogens is 293 g/mol. The molecule has 0 fully saturated rings. The van der Waals surface area contributed by atoms with Crippen LogP contribution in [-0.2, 0) is 0 Å². The number of hydrogen-bond donors (Lipinski definition) is 1. The number of hydrogen-bond acceptors (Lipinski definition) is 7. The van der Waals surface area contributed by atoms with Crippen LogP contribution in [0.15, 0.2) is 24.5 Å². The topological polar surface area (TPSA) is 93.4 Å². The predicted octanol–water partition coefficient (Wildman–Crippen LogP) is 2.34. The molecule has 116 valence electrons. The van der Waals surface area contributed by atoms with Gasteiger partial charge in [0, 0.05) is 26.2 Å². The molecule has 0 amide bonds. The van der Waals surface area contributed by atoms with Crippen molar-refractivity contribution in [2.24, 2.45) is 0 Å². The summed E-state index contributed by atoms with van der Waals surface area (Å²) in [6.45, 7) is 0. The second-order valence-electron chi connectivity index (χ2n) is 4.54. The van der Waals surface area contributed by atoms with Crippen LogP contribution in [0.25, 0.3) is 0 Å². The Hall–Kier alpha value is -2.97. The van der Waals surface area contributed by atoms with Gasteiger partial charge in [0.15, 0.2) is 5.82 Å². The van der Waals surface area contributed by atoms with Crippen molar-refractivity contribution < 1.29 is 14.1 Å². The number of rotatable bonds is 5. The molecule has 0 atom stereocenters. The van der Waals surface area contributed by atoms with E-state index >= 15 is 0 Å². The van der Waals surface area contributed by atoms with Gasteiger partial charge in [-0.05, 0) is 0 Å². The summed E-state index contributed by atoms with van der Waals surface area (Å²) >= 11 is 0. The highest BCUT2D eigenvalue weighted by Crippen LogP contribution is 2.38. The van der Waals surface area contributed by atoms with Crippen molar-refractivity contribution in [1.29, 1.82) is 0 Å². The molecule has 1 heterocycles. The maximum atomic E-state index is 12.8. The first-order valence-corrected chi connectivity index (χ1v) is 6.20. The second kappa shape index (κ2) is 6.20. The Labute approximate surface area is 125 Å². The lowest BCUT2D eigenvalue weighted by Crippen LogP contribution is -2.12. The average Bonchev–Trinajstić information content (AvgIpc) is 2.48. The van der Waals surface area contributed by atoms with E-state index in [1.54, 1.807) is 19.0 Å². The standard InChI is InChI=1S/C13H14FN5O3/c1-18(2)10-5-12(22-3)9(4-11(10)19(20)21)17-13-15-6-8(14)7-16-13/h4-7H,1-3H3,(H,15,16,17). The van der Waals surface area contributed by atoms with Gasteiger partial charge in [-0.1, -0.05) is 0 Å². The Morgan fingerprint density at radius 1 is 1.32 bits per heavy atom. The number of ether oxygens (including phenoxy) is 1. The second-order valence-corrected chi connectivity index (χ2v) is 4.54. The summed E-state index contributed by atoms with van der Waals surface area (Å²) in [6.07, 6.45) is 1.98. The van der Waals surface area contributed by atoms with Crippen molar-refractivity contribution in [3.8, 4) is 5.75 Å². The average molecular weight is 307 g/mol. The Morgan fingerprint density at radius 2 is 1.95 bits per heavy atom. The minimum absolute atomic E-state index is 0.101. The van der Waals surface area contributed by atoms with Crippen LogP contribution in [0.3, 0.4) is 0 Å². The Morgan fingerprint density at radius 3 is 2.45 bits per heavy atom. The lowest BCUT2D eigenvalue weighted by atomic mass is 10.2. The van der Waals surface area contributed by atoms with Crippen LogP contribution >= 0.6 is 0 Å². The first kappa shape index (κ1) is 15.4. The smallest absolute Gasteiger partial charge is 0.294 e. The van der Waals surface area contributed by atoms with Gasteiger partial charge in [0.2, 0.25) is 5.95 Å². The first-order valence-electron chi connectivity index (χ1n) is 6.20. The molecule has 1 N–H and O–H groups in total. The van der Waals surface area contributed by atoms with E-state index in [-0.39, 0.29) is 11.6 Å². The highest BCUT2D eigenvalue weighted by molar-refractivity contribution is 5.76. The number of nitro groups is 1. The van der Waals surface area contributed by atoms with Crippen LogP contribution in [-0.4, -0.2) is 36.1 Å². The van der Waals surface area contributed by atoms with E-state index in [0.717, 1.165) is 12.4 Å². The summed E-state index contributed by atoms with van der Waals surface area (Å²) in [7, 11) is 4.83. The van der Waals surface area contributed by atoms with Gasteiger partial charge in [-0.2, -0.15) is 0 Å². The van der Waals surface area contributed by atoms with Crippen LogP contribution in [0.5, 0.6) is 5.75 Å². The van der Waals surface area contributed by atoms with Crippen LogP contribution in [0, 0.1) is 15.9 Å². The molecule has 9 heteroatoms.